The number of aliphatic hydroxyl groups is 1. The molecule has 176 valence electrons. The van der Waals surface area contributed by atoms with Gasteiger partial charge in [0, 0.05) is 31.3 Å². The zero-order chi connectivity index (χ0) is 23.3. The van der Waals surface area contributed by atoms with Gasteiger partial charge in [-0.2, -0.15) is 4.98 Å². The molecule has 1 aliphatic heterocycles. The molecule has 0 amide bonds. The van der Waals surface area contributed by atoms with Crippen molar-refractivity contribution in [2.75, 3.05) is 39.5 Å². The summed E-state index contributed by atoms with van der Waals surface area (Å²) in [5, 5.41) is 10.2. The van der Waals surface area contributed by atoms with Crippen LogP contribution in [0.1, 0.15) is 18.6 Å². The maximum absolute atomic E-state index is 10.2. The van der Waals surface area contributed by atoms with E-state index in [0.717, 1.165) is 49.6 Å². The van der Waals surface area contributed by atoms with Gasteiger partial charge >= 0.3 is 0 Å². The fourth-order valence-corrected chi connectivity index (χ4v) is 3.96. The van der Waals surface area contributed by atoms with E-state index in [0.29, 0.717) is 29.6 Å². The molecule has 1 saturated heterocycles. The summed E-state index contributed by atoms with van der Waals surface area (Å²) in [6.07, 6.45) is 1.02. The van der Waals surface area contributed by atoms with Crippen molar-refractivity contribution < 1.29 is 19.3 Å². The summed E-state index contributed by atoms with van der Waals surface area (Å²) in [4.78, 5) is 11.6. The minimum absolute atomic E-state index is 0.364. The molecule has 2 aromatic carbocycles. The normalized spacial score (nSPS) is 15.4. The van der Waals surface area contributed by atoms with Crippen LogP contribution in [0.4, 0.5) is 0 Å². The van der Waals surface area contributed by atoms with E-state index in [9.17, 15) is 5.11 Å². The monoisotopic (exact) mass is 460 g/mol. The third-order valence-electron chi connectivity index (χ3n) is 5.83. The van der Waals surface area contributed by atoms with Gasteiger partial charge in [0.05, 0.1) is 30.4 Å². The Kier molecular flexibility index (Phi) is 6.71. The number of imidazole rings is 1. The Bertz CT molecular complexity index is 1240. The minimum Gasteiger partial charge on any atom is -0.492 e. The molecule has 1 N–H and O–H groups in total. The number of rotatable bonds is 8. The molecule has 1 fully saturated rings. The molecule has 0 saturated carbocycles. The quantitative estimate of drug-likeness (QED) is 0.426. The van der Waals surface area contributed by atoms with Crippen LogP contribution in [0.2, 0.25) is 0 Å². The minimum atomic E-state index is -0.711. The summed E-state index contributed by atoms with van der Waals surface area (Å²) in [6, 6.07) is 19.0. The molecular weight excluding hydrogens is 432 g/mol. The second kappa shape index (κ2) is 10.2. The molecule has 0 spiro atoms. The number of aliphatic hydroxyl groups excluding tert-OH is 1. The smallest absolute Gasteiger partial charge is 0.227 e. The Labute approximate surface area is 198 Å². The van der Waals surface area contributed by atoms with Crippen LogP contribution in [-0.2, 0) is 4.74 Å². The summed E-state index contributed by atoms with van der Waals surface area (Å²) < 4.78 is 19.2. The predicted molar refractivity (Wildman–Crippen MR) is 129 cm³/mol. The number of hydrogen-bond acceptors (Lipinski definition) is 7. The second-order valence-corrected chi connectivity index (χ2v) is 8.22. The Hall–Kier alpha value is -3.46. The van der Waals surface area contributed by atoms with Crippen molar-refractivity contribution in [2.45, 2.75) is 13.0 Å². The molecule has 3 heterocycles. The summed E-state index contributed by atoms with van der Waals surface area (Å²) in [5.74, 6) is 2.46. The maximum atomic E-state index is 10.2. The third-order valence-corrected chi connectivity index (χ3v) is 5.83. The van der Waals surface area contributed by atoms with E-state index >= 15 is 0 Å². The van der Waals surface area contributed by atoms with E-state index in [1.54, 1.807) is 13.3 Å². The fraction of sp³-hybridized carbons (Fsp3) is 0.308. The number of para-hydroxylation sites is 1. The zero-order valence-electron chi connectivity index (χ0n) is 19.1. The van der Waals surface area contributed by atoms with Gasteiger partial charge in [0.15, 0.2) is 0 Å². The highest BCUT2D eigenvalue weighted by molar-refractivity contribution is 5.78. The molecule has 8 heteroatoms. The molecule has 0 bridgehead atoms. The molecular formula is C26H28N4O4. The molecule has 4 aromatic rings. The van der Waals surface area contributed by atoms with Crippen LogP contribution in [-0.4, -0.2) is 64.0 Å². The predicted octanol–water partition coefficient (Wildman–Crippen LogP) is 3.98. The highest BCUT2D eigenvalue weighted by Gasteiger charge is 2.16. The van der Waals surface area contributed by atoms with Crippen LogP contribution in [0, 0.1) is 0 Å². The lowest BCUT2D eigenvalue weighted by molar-refractivity contribution is 0.0322. The van der Waals surface area contributed by atoms with Crippen LogP contribution in [0.15, 0.2) is 67.0 Å². The van der Waals surface area contributed by atoms with Gasteiger partial charge in [0.25, 0.3) is 0 Å². The van der Waals surface area contributed by atoms with Crippen molar-refractivity contribution in [1.82, 2.24) is 19.4 Å². The fourth-order valence-electron chi connectivity index (χ4n) is 3.96. The van der Waals surface area contributed by atoms with Crippen molar-refractivity contribution in [2.24, 2.45) is 0 Å². The van der Waals surface area contributed by atoms with Gasteiger partial charge in [0.1, 0.15) is 30.3 Å². The number of ether oxygens (including phenoxy) is 3. The molecule has 0 aliphatic carbocycles. The number of fused-ring (bicyclic) bond motifs is 1. The first kappa shape index (κ1) is 22.3. The highest BCUT2D eigenvalue weighted by Crippen LogP contribution is 2.30. The first-order valence-electron chi connectivity index (χ1n) is 11.5. The van der Waals surface area contributed by atoms with Crippen LogP contribution in [0.5, 0.6) is 17.4 Å². The lowest BCUT2D eigenvalue weighted by atomic mass is 10.2. The lowest BCUT2D eigenvalue weighted by Gasteiger charge is -2.26. The van der Waals surface area contributed by atoms with Gasteiger partial charge in [0.2, 0.25) is 5.88 Å². The lowest BCUT2D eigenvalue weighted by Crippen LogP contribution is -2.38. The SMILES string of the molecule is CC(O)c1ccc(-n2cnc3cc(OCCN4CCOCC4)ccc32)nc1Oc1ccccc1. The van der Waals surface area contributed by atoms with Crippen molar-refractivity contribution in [1.29, 1.82) is 0 Å². The molecule has 1 unspecified atom stereocenters. The van der Waals surface area contributed by atoms with Crippen LogP contribution >= 0.6 is 0 Å². The summed E-state index contributed by atoms with van der Waals surface area (Å²) >= 11 is 0. The van der Waals surface area contributed by atoms with Crippen LogP contribution in [0.3, 0.4) is 0 Å². The van der Waals surface area contributed by atoms with E-state index in [1.807, 2.05) is 65.2 Å². The van der Waals surface area contributed by atoms with Gasteiger partial charge in [-0.3, -0.25) is 9.47 Å². The molecule has 8 nitrogen and oxygen atoms in total. The molecule has 2 aromatic heterocycles. The van der Waals surface area contributed by atoms with Crippen molar-refractivity contribution >= 4 is 11.0 Å². The number of morpholine rings is 1. The molecule has 5 rings (SSSR count). The number of benzene rings is 2. The van der Waals surface area contributed by atoms with Crippen LogP contribution < -0.4 is 9.47 Å². The van der Waals surface area contributed by atoms with E-state index < -0.39 is 6.10 Å². The van der Waals surface area contributed by atoms with E-state index in [-0.39, 0.29) is 0 Å². The van der Waals surface area contributed by atoms with Crippen molar-refractivity contribution in [3.63, 3.8) is 0 Å². The number of hydrogen-bond donors (Lipinski definition) is 1. The van der Waals surface area contributed by atoms with E-state index in [2.05, 4.69) is 9.88 Å². The van der Waals surface area contributed by atoms with E-state index in [4.69, 9.17) is 19.2 Å². The van der Waals surface area contributed by atoms with Gasteiger partial charge in [-0.05, 0) is 43.3 Å². The van der Waals surface area contributed by atoms with Gasteiger partial charge in [-0.1, -0.05) is 18.2 Å². The van der Waals surface area contributed by atoms with Gasteiger partial charge in [-0.25, -0.2) is 4.98 Å². The Balaban J connectivity index is 1.35. The van der Waals surface area contributed by atoms with Gasteiger partial charge < -0.3 is 19.3 Å². The standard InChI is InChI=1S/C26H28N4O4/c1-19(31)22-8-10-25(28-26(22)34-20-5-3-2-4-6-20)30-18-27-23-17-21(7-9-24(23)30)33-16-13-29-11-14-32-15-12-29/h2-10,17-19,31H,11-16H2,1H3. The first-order chi connectivity index (χ1) is 16.7. The third kappa shape index (κ3) is 5.04. The zero-order valence-corrected chi connectivity index (χ0v) is 19.1. The topological polar surface area (TPSA) is 81.9 Å². The molecule has 1 aliphatic rings. The number of nitrogens with zero attached hydrogens (tertiary/aromatic N) is 4. The van der Waals surface area contributed by atoms with Crippen molar-refractivity contribution in [3.05, 3.63) is 72.6 Å². The largest absolute Gasteiger partial charge is 0.492 e. The molecule has 34 heavy (non-hydrogen) atoms. The van der Waals surface area contributed by atoms with Gasteiger partial charge in [-0.15, -0.1) is 0 Å². The molecule has 0 radical (unpaired) electrons. The Morgan fingerprint density at radius 2 is 1.85 bits per heavy atom. The highest BCUT2D eigenvalue weighted by atomic mass is 16.5. The maximum Gasteiger partial charge on any atom is 0.227 e. The van der Waals surface area contributed by atoms with Crippen molar-refractivity contribution in [3.8, 4) is 23.2 Å². The summed E-state index contributed by atoms with van der Waals surface area (Å²) in [7, 11) is 0. The molecule has 1 atom stereocenters. The Morgan fingerprint density at radius 3 is 2.65 bits per heavy atom. The number of aromatic nitrogens is 3. The summed E-state index contributed by atoms with van der Waals surface area (Å²) in [6.45, 7) is 6.66. The van der Waals surface area contributed by atoms with Crippen LogP contribution in [0.25, 0.3) is 16.9 Å². The number of pyridine rings is 1. The average Bonchev–Trinajstić information content (AvgIpc) is 3.28. The first-order valence-corrected chi connectivity index (χ1v) is 11.5. The summed E-state index contributed by atoms with van der Waals surface area (Å²) in [5.41, 5.74) is 2.34. The Morgan fingerprint density at radius 1 is 1.03 bits per heavy atom. The average molecular weight is 461 g/mol. The van der Waals surface area contributed by atoms with E-state index in [1.165, 1.54) is 0 Å². The second-order valence-electron chi connectivity index (χ2n) is 8.22.